The lowest BCUT2D eigenvalue weighted by atomic mass is 9.81. The molecule has 0 aromatic heterocycles. The van der Waals surface area contributed by atoms with E-state index in [1.807, 2.05) is 0 Å². The van der Waals surface area contributed by atoms with Crippen LogP contribution in [-0.4, -0.2) is 50.0 Å². The van der Waals surface area contributed by atoms with Crippen molar-refractivity contribution in [2.75, 3.05) is 0 Å². The van der Waals surface area contributed by atoms with E-state index in [0.717, 1.165) is 7.70 Å². The maximum atomic E-state index is 8.57. The van der Waals surface area contributed by atoms with Gasteiger partial charge in [-0.3, -0.25) is 25.6 Å². The minimum atomic E-state index is -0.583. The Morgan fingerprint density at radius 1 is 0.900 bits per heavy atom. The normalized spacial score (nSPS) is 2.60. The molecule has 9 nitrogen and oxygen atoms in total. The summed E-state index contributed by atoms with van der Waals surface area (Å²) in [5, 5.41) is 24.0. The zero-order chi connectivity index (χ0) is 11.4. The zero-order valence-corrected chi connectivity index (χ0v) is 8.63. The molecule has 0 aromatic rings. The molecule has 0 amide bonds. The van der Waals surface area contributed by atoms with Crippen molar-refractivity contribution >= 4 is 41.5 Å². The molecule has 13 heteroatoms. The minimum absolute atomic E-state index is 0. The monoisotopic (exact) mass is 402 g/mol. The van der Waals surface area contributed by atoms with E-state index >= 15 is 0 Å². The standard InChI is InChI=1S/7CH4.B2H.BrH.2H2O2.O2.HOP.2H2O/c;;;;;;;1-2;;4*1-2;;/h7*1H4;1H;1H;2*1-2H;;2H;2*1H2/i;;;;;;;1T;;;;;2D;;. The van der Waals surface area contributed by atoms with Crippen LogP contribution >= 0.6 is 26.0 Å². The number of halogens is 1. The molecule has 20 heavy (non-hydrogen) atoms. The molecule has 0 saturated carbocycles. The van der Waals surface area contributed by atoms with Gasteiger partial charge in [0.2, 0.25) is 0 Å². The number of rotatable bonds is 0. The summed E-state index contributed by atoms with van der Waals surface area (Å²) in [6.45, 7) is 0. The van der Waals surface area contributed by atoms with Gasteiger partial charge in [0.05, 0.1) is 0 Å². The van der Waals surface area contributed by atoms with Gasteiger partial charge in [0.25, 0.3) is 0 Å². The molecule has 0 atom stereocenters. The largest absolute Gasteiger partial charge is 0.412 e. The highest BCUT2D eigenvalue weighted by Gasteiger charge is 1.02. The van der Waals surface area contributed by atoms with E-state index in [4.69, 9.17) is 38.1 Å². The lowest BCUT2D eigenvalue weighted by molar-refractivity contribution is -0.176. The van der Waals surface area contributed by atoms with E-state index in [-0.39, 0.29) is 79.9 Å². The lowest BCUT2D eigenvalue weighted by Gasteiger charge is -1.25. The summed E-state index contributed by atoms with van der Waals surface area (Å²) in [5.41, 5.74) is 0. The van der Waals surface area contributed by atoms with Crippen molar-refractivity contribution in [3.8, 4) is 0 Å². The Morgan fingerprint density at radius 3 is 0.900 bits per heavy atom. The van der Waals surface area contributed by atoms with Gasteiger partial charge in [-0.1, -0.05) is 52.0 Å². The van der Waals surface area contributed by atoms with E-state index in [1.54, 1.807) is 0 Å². The Hall–Kier alpha value is 0.0699. The highest BCUT2D eigenvalue weighted by molar-refractivity contribution is 8.93. The summed E-state index contributed by atoms with van der Waals surface area (Å²) in [5.74, 6) is 0. The predicted octanol–water partition coefficient (Wildman–Crippen LogP) is 2.93. The average molecular weight is 403 g/mol. The molecule has 0 aliphatic rings. The first kappa shape index (κ1) is 146. The van der Waals surface area contributed by atoms with E-state index in [9.17, 15) is 0 Å². The van der Waals surface area contributed by atoms with Crippen molar-refractivity contribution in [1.82, 2.24) is 0 Å². The van der Waals surface area contributed by atoms with Crippen molar-refractivity contribution in [2.24, 2.45) is 0 Å². The second kappa shape index (κ2) is 1280000. The van der Waals surface area contributed by atoms with Crippen LogP contribution in [0.2, 0.25) is 0 Å². The quantitative estimate of drug-likeness (QED) is 0.206. The van der Waals surface area contributed by atoms with Crippen LogP contribution < -0.4 is 0 Å². The molecule has 3 radical (unpaired) electrons. The SMILES string of the molecule is Br.C.C.C.C.C.C.C.O.O.O=O.OO.OO.[2H]P=O.[3H][B][B]. The average Bonchev–Trinajstić information content (AvgIpc) is 2.16. The summed E-state index contributed by atoms with van der Waals surface area (Å²) < 4.78 is 20.1. The summed E-state index contributed by atoms with van der Waals surface area (Å²) >= 11 is 0. The third-order valence-corrected chi connectivity index (χ3v) is 0. The van der Waals surface area contributed by atoms with Crippen LogP contribution in [0, 0.1) is 9.93 Å². The smallest absolute Gasteiger partial charge is 0.140 e. The first-order chi connectivity index (χ1) is 5.83. The number of hydrogen-bond acceptors (Lipinski definition) is 7. The third kappa shape index (κ3) is 1080000. The van der Waals surface area contributed by atoms with Crippen LogP contribution in [0.1, 0.15) is 52.0 Å². The molecular formula is C7H39B2BrO9P. The van der Waals surface area contributed by atoms with Gasteiger partial charge in [-0.15, -0.1) is 17.0 Å². The van der Waals surface area contributed by atoms with Crippen molar-refractivity contribution in [3.05, 3.63) is 9.93 Å². The second-order valence-corrected chi connectivity index (χ2v) is 0. The Morgan fingerprint density at radius 2 is 0.900 bits per heavy atom. The van der Waals surface area contributed by atoms with E-state index in [1.165, 1.54) is 0 Å². The first-order valence-electron chi connectivity index (χ1n) is 2.11. The lowest BCUT2D eigenvalue weighted by Crippen LogP contribution is -1.38. The fraction of sp³-hybridized carbons (Fsp3) is 1.00. The highest BCUT2D eigenvalue weighted by atomic mass is 79.9. The zero-order valence-electron chi connectivity index (χ0n) is 8.02. The molecule has 0 fully saturated rings. The number of hydrogen-bond donors (Lipinski definition) is 4. The van der Waals surface area contributed by atoms with E-state index in [2.05, 4.69) is 7.74 Å². The van der Waals surface area contributed by atoms with Crippen molar-refractivity contribution in [3.63, 3.8) is 0 Å². The molecule has 139 valence electrons. The van der Waals surface area contributed by atoms with Crippen molar-refractivity contribution in [2.45, 2.75) is 52.0 Å². The van der Waals surface area contributed by atoms with Crippen LogP contribution in [0.15, 0.2) is 0 Å². The molecule has 0 saturated heterocycles. The van der Waals surface area contributed by atoms with Gasteiger partial charge in [-0.2, -0.15) is 0 Å². The summed E-state index contributed by atoms with van der Waals surface area (Å²) in [7, 11) is 4.56. The van der Waals surface area contributed by atoms with Crippen LogP contribution in [0.25, 0.3) is 0 Å². The Bertz CT molecular complexity index is 67.1. The Labute approximate surface area is 143 Å². The van der Waals surface area contributed by atoms with Gasteiger partial charge >= 0.3 is 0 Å². The van der Waals surface area contributed by atoms with E-state index < -0.39 is 9.06 Å². The van der Waals surface area contributed by atoms with Gasteiger partial charge < -0.3 is 11.0 Å². The van der Waals surface area contributed by atoms with E-state index in [0.29, 0.717) is 0 Å². The summed E-state index contributed by atoms with van der Waals surface area (Å²) in [6.07, 6.45) is 0. The van der Waals surface area contributed by atoms with Crippen LogP contribution in [0.3, 0.4) is 0 Å². The van der Waals surface area contributed by atoms with Crippen molar-refractivity contribution in [1.29, 1.82) is 2.61 Å². The van der Waals surface area contributed by atoms with Gasteiger partial charge in [0.1, 0.15) is 10.3 Å². The fourth-order valence-electron chi connectivity index (χ4n) is 0. The van der Waals surface area contributed by atoms with Gasteiger partial charge in [0, 0.05) is 25.4 Å². The Balaban J connectivity index is -0.00000000194. The molecule has 0 aliphatic carbocycles. The third-order valence-electron chi connectivity index (χ3n) is 0. The molecule has 0 spiro atoms. The molecule has 0 rings (SSSR count). The maximum absolute atomic E-state index is 8.57. The molecule has 0 aromatic carbocycles. The van der Waals surface area contributed by atoms with Gasteiger partial charge in [-0.25, -0.2) is 0 Å². The molecule has 0 unspecified atom stereocenters. The Kier molecular flexibility index (Phi) is 9310000. The molecule has 0 aliphatic heterocycles. The summed E-state index contributed by atoms with van der Waals surface area (Å²) in [6, 6.07) is 0. The van der Waals surface area contributed by atoms with Crippen LogP contribution in [0.4, 0.5) is 0 Å². The first-order valence-corrected chi connectivity index (χ1v) is 1.45. The van der Waals surface area contributed by atoms with Crippen molar-refractivity contribution < 1.29 is 36.5 Å². The molecule has 0 heterocycles. The maximum Gasteiger partial charge on any atom is 0.140 e. The second-order valence-electron chi connectivity index (χ2n) is 0. The van der Waals surface area contributed by atoms with Gasteiger partial charge in [-0.05, 0) is 1.34 Å². The van der Waals surface area contributed by atoms with Gasteiger partial charge in [0.15, 0.2) is 0 Å². The fourth-order valence-corrected chi connectivity index (χ4v) is 0. The minimum Gasteiger partial charge on any atom is -0.412 e. The molecule has 8 N–H and O–H groups in total. The highest BCUT2D eigenvalue weighted by Crippen LogP contribution is 1.23. The predicted molar refractivity (Wildman–Crippen MR) is 104 cm³/mol. The van der Waals surface area contributed by atoms with Crippen LogP contribution in [0.5, 0.6) is 0 Å². The molecule has 0 bridgehead atoms. The topological polar surface area (TPSA) is 195 Å². The molecular weight excluding hydrogens is 361 g/mol. The van der Waals surface area contributed by atoms with Crippen LogP contribution in [-0.2, 0) is 4.57 Å². The summed E-state index contributed by atoms with van der Waals surface area (Å²) in [4.78, 5) is 14.0.